The molecule has 3 nitrogen and oxygen atoms in total. The van der Waals surface area contributed by atoms with Crippen LogP contribution in [0.2, 0.25) is 0 Å². The van der Waals surface area contributed by atoms with Crippen LogP contribution in [0.25, 0.3) is 0 Å². The molecule has 0 rings (SSSR count). The van der Waals surface area contributed by atoms with Crippen LogP contribution in [0, 0.1) is 10.8 Å². The predicted octanol–water partition coefficient (Wildman–Crippen LogP) is 2.49. The van der Waals surface area contributed by atoms with E-state index >= 15 is 0 Å². The van der Waals surface area contributed by atoms with Crippen molar-refractivity contribution in [3.8, 4) is 0 Å². The molecule has 3 heteroatoms. The number of carbonyl (C=O) groups excluding carboxylic acids is 1. The lowest BCUT2D eigenvalue weighted by Crippen LogP contribution is -2.30. The average Bonchev–Trinajstić information content (AvgIpc) is 1.79. The van der Waals surface area contributed by atoms with Gasteiger partial charge in [-0.2, -0.15) is 0 Å². The van der Waals surface area contributed by atoms with Crippen LogP contribution in [-0.2, 0) is 9.59 Å². The first kappa shape index (κ1) is 13.1. The van der Waals surface area contributed by atoms with E-state index in [4.69, 9.17) is 5.11 Å². The van der Waals surface area contributed by atoms with Gasteiger partial charge in [0.1, 0.15) is 5.78 Å². The molecule has 0 amide bonds. The van der Waals surface area contributed by atoms with E-state index in [2.05, 4.69) is 0 Å². The molecule has 82 valence electrons. The Labute approximate surface area is 85.5 Å². The van der Waals surface area contributed by atoms with Gasteiger partial charge in [-0.1, -0.05) is 27.7 Å². The summed E-state index contributed by atoms with van der Waals surface area (Å²) in [6.07, 6.45) is 0.700. The molecule has 0 aromatic carbocycles. The van der Waals surface area contributed by atoms with Crippen LogP contribution >= 0.6 is 0 Å². The molecule has 0 unspecified atom stereocenters. The molecule has 0 atom stereocenters. The molecule has 0 aliphatic carbocycles. The Kier molecular flexibility index (Phi) is 3.86. The molecule has 14 heavy (non-hydrogen) atoms. The highest BCUT2D eigenvalue weighted by atomic mass is 16.4. The number of ketones is 1. The second kappa shape index (κ2) is 4.11. The van der Waals surface area contributed by atoms with Crippen molar-refractivity contribution < 1.29 is 14.7 Å². The van der Waals surface area contributed by atoms with Crippen LogP contribution in [0.15, 0.2) is 0 Å². The lowest BCUT2D eigenvalue weighted by atomic mass is 9.72. The third-order valence-electron chi connectivity index (χ3n) is 2.50. The number of carbonyl (C=O) groups is 2. The maximum absolute atomic E-state index is 11.3. The zero-order valence-corrected chi connectivity index (χ0v) is 9.68. The van der Waals surface area contributed by atoms with Crippen molar-refractivity contribution in [3.63, 3.8) is 0 Å². The van der Waals surface area contributed by atoms with Gasteiger partial charge in [-0.05, 0) is 18.8 Å². The lowest BCUT2D eigenvalue weighted by molar-refractivity contribution is -0.140. The fourth-order valence-corrected chi connectivity index (χ4v) is 1.79. The van der Waals surface area contributed by atoms with Crippen molar-refractivity contribution in [1.29, 1.82) is 0 Å². The normalized spacial score (nSPS) is 12.6. The fourth-order valence-electron chi connectivity index (χ4n) is 1.79. The van der Waals surface area contributed by atoms with Gasteiger partial charge in [0.15, 0.2) is 0 Å². The second-order valence-corrected chi connectivity index (χ2v) is 5.35. The van der Waals surface area contributed by atoms with Crippen molar-refractivity contribution in [2.24, 2.45) is 10.8 Å². The summed E-state index contributed by atoms with van der Waals surface area (Å²) < 4.78 is 0. The maximum Gasteiger partial charge on any atom is 0.303 e. The van der Waals surface area contributed by atoms with Crippen LogP contribution in [0.1, 0.15) is 47.5 Å². The predicted molar refractivity (Wildman–Crippen MR) is 55.1 cm³/mol. The smallest absolute Gasteiger partial charge is 0.303 e. The van der Waals surface area contributed by atoms with Gasteiger partial charge in [0.05, 0.1) is 6.42 Å². The number of Topliss-reactive ketones (excluding diaryl/α,β-unsaturated/α-hetero) is 1. The Bertz CT molecular complexity index is 239. The number of aliphatic carboxylic acids is 1. The summed E-state index contributed by atoms with van der Waals surface area (Å²) in [5, 5.41) is 8.70. The van der Waals surface area contributed by atoms with E-state index in [1.165, 1.54) is 0 Å². The van der Waals surface area contributed by atoms with E-state index in [0.717, 1.165) is 0 Å². The van der Waals surface area contributed by atoms with Gasteiger partial charge < -0.3 is 5.11 Å². The Morgan fingerprint density at radius 2 is 1.57 bits per heavy atom. The highest BCUT2D eigenvalue weighted by Gasteiger charge is 2.33. The van der Waals surface area contributed by atoms with Crippen molar-refractivity contribution in [1.82, 2.24) is 0 Å². The van der Waals surface area contributed by atoms with Gasteiger partial charge in [-0.15, -0.1) is 0 Å². The Balaban J connectivity index is 4.49. The van der Waals surface area contributed by atoms with E-state index < -0.39 is 11.4 Å². The summed E-state index contributed by atoms with van der Waals surface area (Å²) in [5.41, 5.74) is -0.764. The van der Waals surface area contributed by atoms with Crippen molar-refractivity contribution >= 4 is 11.8 Å². The van der Waals surface area contributed by atoms with Gasteiger partial charge in [-0.3, -0.25) is 9.59 Å². The molecule has 0 aromatic rings. The monoisotopic (exact) mass is 200 g/mol. The molecule has 0 fully saturated rings. The van der Waals surface area contributed by atoms with Crippen LogP contribution < -0.4 is 0 Å². The van der Waals surface area contributed by atoms with Crippen LogP contribution in [0.3, 0.4) is 0 Å². The minimum Gasteiger partial charge on any atom is -0.481 e. The molecule has 0 saturated carbocycles. The Morgan fingerprint density at radius 1 is 1.14 bits per heavy atom. The van der Waals surface area contributed by atoms with E-state index in [9.17, 15) is 9.59 Å². The van der Waals surface area contributed by atoms with Crippen LogP contribution in [0.4, 0.5) is 0 Å². The van der Waals surface area contributed by atoms with Crippen molar-refractivity contribution in [2.45, 2.75) is 47.5 Å². The topological polar surface area (TPSA) is 54.4 Å². The number of hydrogen-bond donors (Lipinski definition) is 1. The number of carboxylic acid groups (broad SMARTS) is 1. The summed E-state index contributed by atoms with van der Waals surface area (Å²) in [5.74, 6) is -0.703. The zero-order valence-electron chi connectivity index (χ0n) is 9.68. The van der Waals surface area contributed by atoms with Gasteiger partial charge in [-0.25, -0.2) is 0 Å². The van der Waals surface area contributed by atoms with Crippen molar-refractivity contribution in [3.05, 3.63) is 0 Å². The Hall–Kier alpha value is -0.860. The standard InChI is InChI=1S/C11H20O3/c1-8(12)11(4,5)7-10(2,3)6-9(13)14/h6-7H2,1-5H3,(H,13,14). The highest BCUT2D eigenvalue weighted by Crippen LogP contribution is 2.36. The lowest BCUT2D eigenvalue weighted by Gasteiger charge is -2.32. The first-order valence-electron chi connectivity index (χ1n) is 4.80. The summed E-state index contributed by atoms with van der Waals surface area (Å²) in [6, 6.07) is 0. The molecule has 1 N–H and O–H groups in total. The molecule has 0 heterocycles. The van der Waals surface area contributed by atoms with Gasteiger partial charge in [0.2, 0.25) is 0 Å². The molecule has 0 aliphatic heterocycles. The zero-order chi connectivity index (χ0) is 11.6. The Morgan fingerprint density at radius 3 is 1.86 bits per heavy atom. The van der Waals surface area contributed by atoms with E-state index in [1.807, 2.05) is 27.7 Å². The molecule has 0 radical (unpaired) electrons. The first-order valence-corrected chi connectivity index (χ1v) is 4.80. The summed E-state index contributed by atoms with van der Waals surface area (Å²) >= 11 is 0. The van der Waals surface area contributed by atoms with E-state index in [0.29, 0.717) is 6.42 Å². The minimum absolute atomic E-state index is 0.101. The quantitative estimate of drug-likeness (QED) is 0.741. The fraction of sp³-hybridized carbons (Fsp3) is 0.818. The minimum atomic E-state index is -0.811. The summed E-state index contributed by atoms with van der Waals surface area (Å²) in [7, 11) is 0. The molecule has 0 aliphatic rings. The number of rotatable bonds is 5. The summed E-state index contributed by atoms with van der Waals surface area (Å²) in [6.45, 7) is 9.03. The van der Waals surface area contributed by atoms with Gasteiger partial charge in [0, 0.05) is 5.41 Å². The SMILES string of the molecule is CC(=O)C(C)(C)CC(C)(C)CC(=O)O. The second-order valence-electron chi connectivity index (χ2n) is 5.35. The van der Waals surface area contributed by atoms with Crippen LogP contribution in [-0.4, -0.2) is 16.9 Å². The van der Waals surface area contributed by atoms with Crippen LogP contribution in [0.5, 0.6) is 0 Å². The molecular weight excluding hydrogens is 180 g/mol. The first-order chi connectivity index (χ1) is 6.07. The third kappa shape index (κ3) is 4.40. The molecule has 0 saturated heterocycles. The molecule has 0 bridgehead atoms. The third-order valence-corrected chi connectivity index (χ3v) is 2.50. The maximum atomic E-state index is 11.3. The highest BCUT2D eigenvalue weighted by molar-refractivity contribution is 5.81. The summed E-state index contributed by atoms with van der Waals surface area (Å²) in [4.78, 5) is 21.9. The number of hydrogen-bond acceptors (Lipinski definition) is 2. The average molecular weight is 200 g/mol. The van der Waals surface area contributed by atoms with Crippen molar-refractivity contribution in [2.75, 3.05) is 0 Å². The number of carboxylic acids is 1. The molecule has 0 spiro atoms. The van der Waals surface area contributed by atoms with E-state index in [1.54, 1.807) is 6.92 Å². The van der Waals surface area contributed by atoms with Gasteiger partial charge >= 0.3 is 5.97 Å². The molecular formula is C11H20O3. The largest absolute Gasteiger partial charge is 0.481 e. The molecule has 0 aromatic heterocycles. The van der Waals surface area contributed by atoms with E-state index in [-0.39, 0.29) is 17.6 Å². The van der Waals surface area contributed by atoms with Gasteiger partial charge in [0.25, 0.3) is 0 Å².